The van der Waals surface area contributed by atoms with E-state index in [4.69, 9.17) is 16.7 Å². The molecule has 2 aromatic carbocycles. The Hall–Kier alpha value is -3.55. The van der Waals surface area contributed by atoms with Crippen LogP contribution in [0.25, 0.3) is 11.5 Å². The zero-order valence-electron chi connectivity index (χ0n) is 21.6. The van der Waals surface area contributed by atoms with Crippen molar-refractivity contribution < 1.29 is 4.79 Å². The molecule has 1 aliphatic rings. The van der Waals surface area contributed by atoms with E-state index in [-0.39, 0.29) is 5.91 Å². The summed E-state index contributed by atoms with van der Waals surface area (Å²) in [6, 6.07) is 18.1. The molecule has 7 nitrogen and oxygen atoms in total. The molecule has 2 aromatic heterocycles. The van der Waals surface area contributed by atoms with E-state index in [2.05, 4.69) is 47.2 Å². The third-order valence-electron chi connectivity index (χ3n) is 6.99. The normalized spacial score (nSPS) is 14.2. The van der Waals surface area contributed by atoms with Crippen LogP contribution in [0.15, 0.2) is 67.0 Å². The van der Waals surface area contributed by atoms with Crippen LogP contribution in [-0.4, -0.2) is 64.4 Å². The average molecular weight is 517 g/mol. The van der Waals surface area contributed by atoms with E-state index >= 15 is 0 Å². The van der Waals surface area contributed by atoms with E-state index in [0.717, 1.165) is 49.3 Å². The van der Waals surface area contributed by atoms with Gasteiger partial charge in [-0.3, -0.25) is 9.69 Å². The fraction of sp³-hybridized carbons (Fsp3) is 0.310. The van der Waals surface area contributed by atoms with Gasteiger partial charge in [0.25, 0.3) is 5.91 Å². The molecule has 1 aliphatic heterocycles. The molecule has 0 saturated carbocycles. The summed E-state index contributed by atoms with van der Waals surface area (Å²) in [5.74, 6) is 0.641. The molecule has 1 N–H and O–H groups in total. The van der Waals surface area contributed by atoms with Crippen molar-refractivity contribution in [2.24, 2.45) is 0 Å². The maximum absolute atomic E-state index is 13.4. The second kappa shape index (κ2) is 10.8. The summed E-state index contributed by atoms with van der Waals surface area (Å²) in [6.07, 6.45) is 3.89. The molecule has 0 atom stereocenters. The third-order valence-corrected chi connectivity index (χ3v) is 7.22. The highest BCUT2D eigenvalue weighted by atomic mass is 35.5. The summed E-state index contributed by atoms with van der Waals surface area (Å²) in [5, 5.41) is 8.66. The van der Waals surface area contributed by atoms with E-state index in [9.17, 15) is 4.79 Å². The molecule has 1 amide bonds. The van der Waals surface area contributed by atoms with Gasteiger partial charge in [-0.25, -0.2) is 4.68 Å². The van der Waals surface area contributed by atoms with Crippen molar-refractivity contribution in [1.29, 1.82) is 0 Å². The van der Waals surface area contributed by atoms with Crippen LogP contribution in [0.1, 0.15) is 27.2 Å². The van der Waals surface area contributed by atoms with Gasteiger partial charge in [-0.15, -0.1) is 0 Å². The SMILES string of the molecule is Cc1ccc(-n2nc(C)c(C(=O)NCCN3CCN(c4cc(Cl)ccc4C)CC3)c2-n2cccc2)cc1. The standard InChI is InChI=1S/C29H33ClN6O/c1-21-6-10-25(11-7-21)36-29(35-13-4-5-14-35)27(23(3)32-36)28(37)31-12-15-33-16-18-34(19-17-33)26-20-24(30)9-8-22(26)2/h4-11,13-14,20H,12,15-19H2,1-3H3,(H,31,37). The van der Waals surface area contributed by atoms with Gasteiger partial charge in [0, 0.05) is 62.4 Å². The number of halogens is 1. The van der Waals surface area contributed by atoms with Crippen LogP contribution in [0.2, 0.25) is 5.02 Å². The van der Waals surface area contributed by atoms with Crippen molar-refractivity contribution in [3.8, 4) is 11.5 Å². The molecule has 0 spiro atoms. The maximum atomic E-state index is 13.4. The number of hydrogen-bond donors (Lipinski definition) is 1. The number of piperazine rings is 1. The molecule has 1 fully saturated rings. The highest BCUT2D eigenvalue weighted by Crippen LogP contribution is 2.26. The summed E-state index contributed by atoms with van der Waals surface area (Å²) >= 11 is 6.23. The zero-order valence-corrected chi connectivity index (χ0v) is 22.4. The van der Waals surface area contributed by atoms with Crippen LogP contribution in [0, 0.1) is 20.8 Å². The molecule has 8 heteroatoms. The van der Waals surface area contributed by atoms with E-state index in [1.54, 1.807) is 0 Å². The summed E-state index contributed by atoms with van der Waals surface area (Å²) in [7, 11) is 0. The first kappa shape index (κ1) is 25.1. The smallest absolute Gasteiger partial charge is 0.257 e. The lowest BCUT2D eigenvalue weighted by molar-refractivity contribution is 0.0947. The Kier molecular flexibility index (Phi) is 7.35. The summed E-state index contributed by atoms with van der Waals surface area (Å²) < 4.78 is 3.80. The van der Waals surface area contributed by atoms with Gasteiger partial charge in [-0.1, -0.05) is 35.4 Å². The largest absolute Gasteiger partial charge is 0.369 e. The van der Waals surface area contributed by atoms with Gasteiger partial charge < -0.3 is 14.8 Å². The molecule has 0 bridgehead atoms. The Bertz CT molecular complexity index is 1370. The van der Waals surface area contributed by atoms with Gasteiger partial charge in [0.15, 0.2) is 5.82 Å². The molecular weight excluding hydrogens is 484 g/mol. The van der Waals surface area contributed by atoms with Crippen molar-refractivity contribution in [2.45, 2.75) is 20.8 Å². The van der Waals surface area contributed by atoms with Crippen molar-refractivity contribution in [3.63, 3.8) is 0 Å². The number of aromatic nitrogens is 3. The van der Waals surface area contributed by atoms with E-state index in [1.807, 2.05) is 65.0 Å². The number of anilines is 1. The minimum Gasteiger partial charge on any atom is -0.369 e. The van der Waals surface area contributed by atoms with Crippen molar-refractivity contribution in [1.82, 2.24) is 24.6 Å². The first-order valence-corrected chi connectivity index (χ1v) is 13.1. The van der Waals surface area contributed by atoms with Crippen LogP contribution in [0.4, 0.5) is 5.69 Å². The molecule has 4 aromatic rings. The van der Waals surface area contributed by atoms with Gasteiger partial charge in [-0.2, -0.15) is 5.10 Å². The van der Waals surface area contributed by atoms with Crippen LogP contribution < -0.4 is 10.2 Å². The summed E-state index contributed by atoms with van der Waals surface area (Å²) in [6.45, 7) is 11.2. The Morgan fingerprint density at radius 2 is 1.68 bits per heavy atom. The Balaban J connectivity index is 1.24. The predicted octanol–water partition coefficient (Wildman–Crippen LogP) is 4.79. The highest BCUT2D eigenvalue weighted by Gasteiger charge is 2.24. The highest BCUT2D eigenvalue weighted by molar-refractivity contribution is 6.30. The Labute approximate surface area is 223 Å². The van der Waals surface area contributed by atoms with E-state index in [0.29, 0.717) is 17.8 Å². The van der Waals surface area contributed by atoms with E-state index in [1.165, 1.54) is 16.8 Å². The van der Waals surface area contributed by atoms with Crippen molar-refractivity contribution >= 4 is 23.2 Å². The third kappa shape index (κ3) is 5.43. The average Bonchev–Trinajstić information content (AvgIpc) is 3.54. The number of amides is 1. The fourth-order valence-electron chi connectivity index (χ4n) is 4.91. The lowest BCUT2D eigenvalue weighted by Crippen LogP contribution is -2.48. The first-order chi connectivity index (χ1) is 17.9. The molecule has 1 saturated heterocycles. The molecule has 0 unspecified atom stereocenters. The Morgan fingerprint density at radius 3 is 2.38 bits per heavy atom. The Morgan fingerprint density at radius 1 is 0.973 bits per heavy atom. The number of carbonyl (C=O) groups is 1. The molecule has 192 valence electrons. The van der Waals surface area contributed by atoms with Crippen LogP contribution in [0.3, 0.4) is 0 Å². The number of nitrogens with one attached hydrogen (secondary N) is 1. The molecule has 5 rings (SSSR count). The van der Waals surface area contributed by atoms with Crippen LogP contribution in [-0.2, 0) is 0 Å². The quantitative estimate of drug-likeness (QED) is 0.383. The monoisotopic (exact) mass is 516 g/mol. The lowest BCUT2D eigenvalue weighted by atomic mass is 10.1. The molecule has 3 heterocycles. The van der Waals surface area contributed by atoms with Crippen molar-refractivity contribution in [2.75, 3.05) is 44.2 Å². The molecule has 0 radical (unpaired) electrons. The number of hydrogen-bond acceptors (Lipinski definition) is 4. The minimum atomic E-state index is -0.104. The van der Waals surface area contributed by atoms with Crippen molar-refractivity contribution in [3.05, 3.63) is 94.4 Å². The number of aryl methyl sites for hydroxylation is 3. The minimum absolute atomic E-state index is 0.104. The van der Waals surface area contributed by atoms with Gasteiger partial charge in [-0.05, 0) is 62.7 Å². The topological polar surface area (TPSA) is 58.3 Å². The summed E-state index contributed by atoms with van der Waals surface area (Å²) in [4.78, 5) is 18.2. The number of carbonyl (C=O) groups excluding carboxylic acids is 1. The summed E-state index contributed by atoms with van der Waals surface area (Å²) in [5.41, 5.74) is 5.84. The number of rotatable bonds is 7. The lowest BCUT2D eigenvalue weighted by Gasteiger charge is -2.36. The first-order valence-electron chi connectivity index (χ1n) is 12.7. The zero-order chi connectivity index (χ0) is 25.9. The molecular formula is C29H33ClN6O. The predicted molar refractivity (Wildman–Crippen MR) is 150 cm³/mol. The molecule has 0 aliphatic carbocycles. The number of benzene rings is 2. The van der Waals surface area contributed by atoms with Gasteiger partial charge in [0.1, 0.15) is 5.56 Å². The van der Waals surface area contributed by atoms with Crippen LogP contribution >= 0.6 is 11.6 Å². The maximum Gasteiger partial charge on any atom is 0.257 e. The van der Waals surface area contributed by atoms with E-state index < -0.39 is 0 Å². The van der Waals surface area contributed by atoms with Gasteiger partial charge in [0.05, 0.1) is 11.4 Å². The van der Waals surface area contributed by atoms with Gasteiger partial charge in [0.2, 0.25) is 0 Å². The molecule has 37 heavy (non-hydrogen) atoms. The van der Waals surface area contributed by atoms with Gasteiger partial charge >= 0.3 is 0 Å². The second-order valence-corrected chi connectivity index (χ2v) is 10.1. The second-order valence-electron chi connectivity index (χ2n) is 9.64. The fourth-order valence-corrected chi connectivity index (χ4v) is 5.08. The van der Waals surface area contributed by atoms with Crippen LogP contribution in [0.5, 0.6) is 0 Å². The number of nitrogens with zero attached hydrogens (tertiary/aromatic N) is 5.